The van der Waals surface area contributed by atoms with E-state index in [0.717, 1.165) is 43.2 Å². The van der Waals surface area contributed by atoms with E-state index >= 15 is 0 Å². The largest absolute Gasteiger partial charge is 0.508 e. The van der Waals surface area contributed by atoms with Gasteiger partial charge in [0, 0.05) is 35.6 Å². The number of phenols is 1. The molecule has 6 nitrogen and oxygen atoms in total. The molecule has 3 aliphatic carbocycles. The Morgan fingerprint density at radius 1 is 1.20 bits per heavy atom. The number of hydrogen-bond donors (Lipinski definition) is 3. The van der Waals surface area contributed by atoms with Crippen molar-refractivity contribution in [3.63, 3.8) is 0 Å². The second-order valence-electron chi connectivity index (χ2n) is 11.0. The Morgan fingerprint density at radius 2 is 1.93 bits per heavy atom. The number of benzene rings is 1. The predicted octanol–water partition coefficient (Wildman–Crippen LogP) is 4.00. The smallest absolute Gasteiger partial charge is 0.417 e. The number of amides is 1. The van der Waals surface area contributed by atoms with Gasteiger partial charge >= 0.3 is 5.76 Å². The minimum atomic E-state index is -0.473. The van der Waals surface area contributed by atoms with Gasteiger partial charge in [0.25, 0.3) is 0 Å². The molecule has 5 atom stereocenters. The van der Waals surface area contributed by atoms with Crippen LogP contribution >= 0.6 is 0 Å². The summed E-state index contributed by atoms with van der Waals surface area (Å²) >= 11 is 0. The van der Waals surface area contributed by atoms with E-state index in [1.807, 2.05) is 0 Å². The fraction of sp³-hybridized carbons (Fsp3) is 0.667. The second-order valence-corrected chi connectivity index (χ2v) is 11.0. The van der Waals surface area contributed by atoms with Crippen LogP contribution in [-0.4, -0.2) is 22.0 Å². The molecule has 2 saturated carbocycles. The molecule has 1 amide bonds. The topological polar surface area (TPSA) is 95.3 Å². The third-order valence-electron chi connectivity index (χ3n) is 9.23. The lowest BCUT2D eigenvalue weighted by Gasteiger charge is -2.63. The molecule has 1 aromatic carbocycles. The van der Waals surface area contributed by atoms with Gasteiger partial charge in [-0.25, -0.2) is 4.79 Å². The molecule has 0 bridgehead atoms. The van der Waals surface area contributed by atoms with Crippen LogP contribution in [-0.2, 0) is 16.6 Å². The molecule has 5 rings (SSSR count). The summed E-state index contributed by atoms with van der Waals surface area (Å²) < 4.78 is 5.52. The molecule has 0 radical (unpaired) electrons. The summed E-state index contributed by atoms with van der Waals surface area (Å²) in [6, 6.07) is 1.84. The zero-order valence-electron chi connectivity index (χ0n) is 18.5. The summed E-state index contributed by atoms with van der Waals surface area (Å²) in [7, 11) is 0. The molecular formula is C24H32N2O4. The van der Waals surface area contributed by atoms with Crippen LogP contribution < -0.4 is 11.1 Å². The van der Waals surface area contributed by atoms with Crippen LogP contribution in [0.4, 0.5) is 0 Å². The summed E-state index contributed by atoms with van der Waals surface area (Å²) in [4.78, 5) is 26.4. The first-order chi connectivity index (χ1) is 14.0. The van der Waals surface area contributed by atoms with Gasteiger partial charge in [-0.2, -0.15) is 0 Å². The highest BCUT2D eigenvalue weighted by molar-refractivity contribution is 5.82. The van der Waals surface area contributed by atoms with Crippen LogP contribution in [0.3, 0.4) is 0 Å². The van der Waals surface area contributed by atoms with Crippen molar-refractivity contribution in [1.29, 1.82) is 0 Å². The van der Waals surface area contributed by atoms with E-state index in [9.17, 15) is 14.7 Å². The molecule has 3 aliphatic rings. The Hall–Kier alpha value is -2.24. The number of rotatable bonds is 1. The van der Waals surface area contributed by atoms with Crippen LogP contribution in [0.15, 0.2) is 15.3 Å². The molecule has 5 unspecified atom stereocenters. The standard InChI is InChI=1S/C24H32N2O4/c1-12(27)25-18-7-9-23(4)16(22(18,2)3)6-8-24(5)17(23)10-13-19(24)15(28)11-14-20(13)30-21(29)26-14/h11,16-18,28H,6-10H2,1-5H3,(H,25,27)(H,26,29). The number of nitrogens with one attached hydrogen (secondary N) is 2. The number of hydrogen-bond acceptors (Lipinski definition) is 4. The minimum absolute atomic E-state index is 0.00715. The van der Waals surface area contributed by atoms with Crippen molar-refractivity contribution >= 4 is 17.0 Å². The molecule has 1 heterocycles. The van der Waals surface area contributed by atoms with E-state index in [1.54, 1.807) is 13.0 Å². The Morgan fingerprint density at radius 3 is 2.63 bits per heavy atom. The summed E-state index contributed by atoms with van der Waals surface area (Å²) in [5.74, 6) is 0.666. The lowest BCUT2D eigenvalue weighted by Crippen LogP contribution is -2.61. The summed E-state index contributed by atoms with van der Waals surface area (Å²) in [6.45, 7) is 10.9. The van der Waals surface area contributed by atoms with Gasteiger partial charge in [-0.05, 0) is 54.8 Å². The quantitative estimate of drug-likeness (QED) is 0.660. The number of aromatic amines is 1. The molecule has 162 valence electrons. The van der Waals surface area contributed by atoms with Crippen molar-refractivity contribution in [3.05, 3.63) is 27.7 Å². The first-order valence-corrected chi connectivity index (χ1v) is 11.1. The highest BCUT2D eigenvalue weighted by Gasteiger charge is 2.63. The Bertz CT molecular complexity index is 1110. The van der Waals surface area contributed by atoms with Crippen molar-refractivity contribution in [1.82, 2.24) is 10.3 Å². The van der Waals surface area contributed by atoms with Gasteiger partial charge in [0.2, 0.25) is 5.91 Å². The van der Waals surface area contributed by atoms with Crippen molar-refractivity contribution in [2.45, 2.75) is 78.2 Å². The van der Waals surface area contributed by atoms with Gasteiger partial charge in [-0.15, -0.1) is 0 Å². The van der Waals surface area contributed by atoms with E-state index < -0.39 is 5.76 Å². The average molecular weight is 413 g/mol. The molecule has 0 spiro atoms. The number of carbonyl (C=O) groups excluding carboxylic acids is 1. The number of carbonyl (C=O) groups is 1. The molecule has 3 N–H and O–H groups in total. The van der Waals surface area contributed by atoms with Crippen LogP contribution in [0, 0.1) is 22.7 Å². The normalized spacial score (nSPS) is 36.8. The maximum Gasteiger partial charge on any atom is 0.417 e. The number of aromatic hydroxyl groups is 1. The van der Waals surface area contributed by atoms with Crippen LogP contribution in [0.1, 0.15) is 71.4 Å². The molecule has 0 saturated heterocycles. The molecule has 6 heteroatoms. The molecular weight excluding hydrogens is 380 g/mol. The lowest BCUT2D eigenvalue weighted by molar-refractivity contribution is -0.131. The summed E-state index contributed by atoms with van der Waals surface area (Å²) in [5, 5.41) is 14.2. The SMILES string of the molecule is CC(=O)NC1CCC2(C)C3Cc4c(c(O)cc5[nH]c(=O)oc45)C3(C)CCC2C1(C)C. The lowest BCUT2D eigenvalue weighted by atomic mass is 9.42. The van der Waals surface area contributed by atoms with E-state index in [0.29, 0.717) is 22.9 Å². The van der Waals surface area contributed by atoms with Crippen molar-refractivity contribution < 1.29 is 14.3 Å². The fourth-order valence-electron chi connectivity index (χ4n) is 8.00. The Balaban J connectivity index is 1.62. The van der Waals surface area contributed by atoms with E-state index in [4.69, 9.17) is 4.42 Å². The minimum Gasteiger partial charge on any atom is -0.508 e. The summed E-state index contributed by atoms with van der Waals surface area (Å²) in [6.07, 6.45) is 4.85. The van der Waals surface area contributed by atoms with Gasteiger partial charge < -0.3 is 14.8 Å². The fourth-order valence-corrected chi connectivity index (χ4v) is 8.00. The second kappa shape index (κ2) is 5.92. The zero-order chi connectivity index (χ0) is 21.6. The maximum absolute atomic E-state index is 11.9. The number of phenolic OH excluding ortho intramolecular Hbond substituents is 1. The molecule has 2 aromatic rings. The van der Waals surface area contributed by atoms with Gasteiger partial charge in [0.05, 0.1) is 5.52 Å². The van der Waals surface area contributed by atoms with E-state index in [1.165, 1.54) is 0 Å². The van der Waals surface area contributed by atoms with Crippen molar-refractivity contribution in [2.75, 3.05) is 0 Å². The molecule has 2 fully saturated rings. The zero-order valence-corrected chi connectivity index (χ0v) is 18.5. The van der Waals surface area contributed by atoms with Crippen LogP contribution in [0.25, 0.3) is 11.1 Å². The number of fused-ring (bicyclic) bond motifs is 7. The summed E-state index contributed by atoms with van der Waals surface area (Å²) in [5.41, 5.74) is 3.09. The van der Waals surface area contributed by atoms with Crippen LogP contribution in [0.2, 0.25) is 0 Å². The van der Waals surface area contributed by atoms with Gasteiger partial charge in [0.15, 0.2) is 5.58 Å². The highest BCUT2D eigenvalue weighted by Crippen LogP contribution is 2.68. The number of oxazole rings is 1. The van der Waals surface area contributed by atoms with Gasteiger partial charge in [-0.3, -0.25) is 9.78 Å². The number of aromatic nitrogens is 1. The maximum atomic E-state index is 11.9. The molecule has 0 aliphatic heterocycles. The van der Waals surface area contributed by atoms with Gasteiger partial charge in [0.1, 0.15) is 5.75 Å². The first-order valence-electron chi connectivity index (χ1n) is 11.1. The van der Waals surface area contributed by atoms with E-state index in [2.05, 4.69) is 38.0 Å². The number of H-pyrrole nitrogens is 1. The Labute approximate surface area is 176 Å². The third kappa shape index (κ3) is 2.36. The third-order valence-corrected chi connectivity index (χ3v) is 9.23. The van der Waals surface area contributed by atoms with Crippen molar-refractivity contribution in [3.8, 4) is 5.75 Å². The first kappa shape index (κ1) is 19.7. The van der Waals surface area contributed by atoms with Crippen LogP contribution in [0.5, 0.6) is 5.75 Å². The molecule has 1 aromatic heterocycles. The van der Waals surface area contributed by atoms with Gasteiger partial charge in [-0.1, -0.05) is 27.7 Å². The molecule has 30 heavy (non-hydrogen) atoms. The van der Waals surface area contributed by atoms with Crippen molar-refractivity contribution in [2.24, 2.45) is 22.7 Å². The monoisotopic (exact) mass is 412 g/mol. The Kier molecular flexibility index (Phi) is 3.89. The average Bonchev–Trinajstić information content (AvgIpc) is 3.15. The predicted molar refractivity (Wildman–Crippen MR) is 114 cm³/mol. The van der Waals surface area contributed by atoms with E-state index in [-0.39, 0.29) is 33.9 Å². The highest BCUT2D eigenvalue weighted by atomic mass is 16.4.